The fourth-order valence-corrected chi connectivity index (χ4v) is 2.12. The Morgan fingerprint density at radius 3 is 2.75 bits per heavy atom. The molecule has 6 heteroatoms. The maximum Gasteiger partial charge on any atom is 0.230 e. The van der Waals surface area contributed by atoms with E-state index in [-0.39, 0.29) is 24.2 Å². The van der Waals surface area contributed by atoms with Crippen LogP contribution < -0.4 is 10.6 Å². The molecule has 0 saturated heterocycles. The van der Waals surface area contributed by atoms with Crippen molar-refractivity contribution in [1.82, 2.24) is 14.9 Å². The van der Waals surface area contributed by atoms with Crippen LogP contribution in [0.25, 0.3) is 11.0 Å². The van der Waals surface area contributed by atoms with E-state index < -0.39 is 0 Å². The van der Waals surface area contributed by atoms with E-state index >= 15 is 0 Å². The molecule has 0 spiro atoms. The maximum atomic E-state index is 12.0. The first-order valence-corrected chi connectivity index (χ1v) is 6.58. The number of carbonyl (C=O) groups is 1. The molecule has 110 valence electrons. The SMILES string of the molecule is CCn1c(NC(=O)C(C)CNC)nc2ccccc21.Cl. The predicted octanol–water partition coefficient (Wildman–Crippen LogP) is 2.27. The van der Waals surface area contributed by atoms with Gasteiger partial charge in [-0.3, -0.25) is 10.1 Å². The Balaban J connectivity index is 0.00000200. The summed E-state index contributed by atoms with van der Waals surface area (Å²) in [6.07, 6.45) is 0. The molecule has 1 aromatic heterocycles. The first kappa shape index (κ1) is 16.5. The minimum absolute atomic E-state index is 0. The Morgan fingerprint density at radius 1 is 1.40 bits per heavy atom. The first-order valence-electron chi connectivity index (χ1n) is 6.58. The van der Waals surface area contributed by atoms with Gasteiger partial charge in [0.15, 0.2) is 0 Å². The van der Waals surface area contributed by atoms with E-state index in [1.54, 1.807) is 0 Å². The van der Waals surface area contributed by atoms with Crippen LogP contribution in [-0.2, 0) is 11.3 Å². The van der Waals surface area contributed by atoms with Crippen molar-refractivity contribution in [3.8, 4) is 0 Å². The molecule has 0 fully saturated rings. The number of halogens is 1. The summed E-state index contributed by atoms with van der Waals surface area (Å²) in [6, 6.07) is 7.89. The van der Waals surface area contributed by atoms with Crippen LogP contribution in [0.1, 0.15) is 13.8 Å². The van der Waals surface area contributed by atoms with Gasteiger partial charge in [-0.15, -0.1) is 12.4 Å². The van der Waals surface area contributed by atoms with Crippen molar-refractivity contribution < 1.29 is 4.79 Å². The van der Waals surface area contributed by atoms with Gasteiger partial charge in [0.2, 0.25) is 11.9 Å². The van der Waals surface area contributed by atoms with Crippen LogP contribution in [0.2, 0.25) is 0 Å². The highest BCUT2D eigenvalue weighted by atomic mass is 35.5. The zero-order valence-corrected chi connectivity index (χ0v) is 12.8. The number of aryl methyl sites for hydroxylation is 1. The van der Waals surface area contributed by atoms with E-state index in [0.717, 1.165) is 17.6 Å². The van der Waals surface area contributed by atoms with Crippen molar-refractivity contribution >= 4 is 35.3 Å². The number of amides is 1. The highest BCUT2D eigenvalue weighted by Gasteiger charge is 2.16. The van der Waals surface area contributed by atoms with Gasteiger partial charge in [0.05, 0.1) is 11.0 Å². The lowest BCUT2D eigenvalue weighted by Crippen LogP contribution is -2.29. The van der Waals surface area contributed by atoms with E-state index in [2.05, 4.69) is 15.6 Å². The summed E-state index contributed by atoms with van der Waals surface area (Å²) in [6.45, 7) is 5.36. The average Bonchev–Trinajstić information content (AvgIpc) is 2.75. The van der Waals surface area contributed by atoms with Gasteiger partial charge in [-0.2, -0.15) is 0 Å². The third kappa shape index (κ3) is 3.29. The summed E-state index contributed by atoms with van der Waals surface area (Å²) < 4.78 is 2.01. The van der Waals surface area contributed by atoms with Crippen molar-refractivity contribution in [3.05, 3.63) is 24.3 Å². The summed E-state index contributed by atoms with van der Waals surface area (Å²) in [4.78, 5) is 16.5. The van der Waals surface area contributed by atoms with Crippen LogP contribution >= 0.6 is 12.4 Å². The van der Waals surface area contributed by atoms with Crippen molar-refractivity contribution in [2.75, 3.05) is 18.9 Å². The lowest BCUT2D eigenvalue weighted by atomic mass is 10.1. The van der Waals surface area contributed by atoms with Crippen LogP contribution in [0.5, 0.6) is 0 Å². The van der Waals surface area contributed by atoms with Crippen molar-refractivity contribution in [3.63, 3.8) is 0 Å². The molecule has 1 unspecified atom stereocenters. The molecule has 0 bridgehead atoms. The number of carbonyl (C=O) groups excluding carboxylic acids is 1. The number of nitrogens with zero attached hydrogens (tertiary/aromatic N) is 2. The molecule has 20 heavy (non-hydrogen) atoms. The standard InChI is InChI=1S/C14H20N4O.ClH/c1-4-18-12-8-6-5-7-11(12)16-14(18)17-13(19)10(2)9-15-3;/h5-8,10,15H,4,9H2,1-3H3,(H,16,17,19);1H. The van der Waals surface area contributed by atoms with E-state index in [9.17, 15) is 4.79 Å². The molecular weight excluding hydrogens is 276 g/mol. The number of anilines is 1. The molecule has 2 N–H and O–H groups in total. The van der Waals surface area contributed by atoms with E-state index in [1.807, 2.05) is 49.7 Å². The topological polar surface area (TPSA) is 59.0 Å². The Kier molecular flexibility index (Phi) is 5.98. The first-order chi connectivity index (χ1) is 9.17. The number of nitrogens with one attached hydrogen (secondary N) is 2. The molecule has 1 amide bonds. The van der Waals surface area contributed by atoms with Crippen molar-refractivity contribution in [2.24, 2.45) is 5.92 Å². The normalized spacial score (nSPS) is 11.9. The van der Waals surface area contributed by atoms with Crippen molar-refractivity contribution in [2.45, 2.75) is 20.4 Å². The van der Waals surface area contributed by atoms with E-state index in [4.69, 9.17) is 0 Å². The second kappa shape index (κ2) is 7.26. The zero-order chi connectivity index (χ0) is 13.8. The molecule has 0 radical (unpaired) electrons. The van der Waals surface area contributed by atoms with Gasteiger partial charge < -0.3 is 9.88 Å². The Morgan fingerprint density at radius 2 is 2.10 bits per heavy atom. The van der Waals surface area contributed by atoms with Crippen LogP contribution in [0.3, 0.4) is 0 Å². The minimum atomic E-state index is -0.0879. The lowest BCUT2D eigenvalue weighted by Gasteiger charge is -2.12. The zero-order valence-electron chi connectivity index (χ0n) is 12.0. The quantitative estimate of drug-likeness (QED) is 0.890. The molecule has 5 nitrogen and oxygen atoms in total. The number of aromatic nitrogens is 2. The number of fused-ring (bicyclic) bond motifs is 1. The minimum Gasteiger partial charge on any atom is -0.319 e. The summed E-state index contributed by atoms with van der Waals surface area (Å²) in [5.41, 5.74) is 1.95. The largest absolute Gasteiger partial charge is 0.319 e. The fraction of sp³-hybridized carbons (Fsp3) is 0.429. The van der Waals surface area contributed by atoms with Crippen LogP contribution in [-0.4, -0.2) is 29.1 Å². The third-order valence-corrected chi connectivity index (χ3v) is 3.16. The van der Waals surface area contributed by atoms with Gasteiger partial charge >= 0.3 is 0 Å². The van der Waals surface area contributed by atoms with Crippen molar-refractivity contribution in [1.29, 1.82) is 0 Å². The third-order valence-electron chi connectivity index (χ3n) is 3.16. The summed E-state index contributed by atoms with van der Waals surface area (Å²) in [5.74, 6) is 0.520. The van der Waals surface area contributed by atoms with E-state index in [1.165, 1.54) is 0 Å². The highest BCUT2D eigenvalue weighted by Crippen LogP contribution is 2.19. The molecule has 1 aromatic carbocycles. The summed E-state index contributed by atoms with van der Waals surface area (Å²) in [5, 5.41) is 5.91. The number of hydrogen-bond acceptors (Lipinski definition) is 3. The summed E-state index contributed by atoms with van der Waals surface area (Å²) >= 11 is 0. The van der Waals surface area contributed by atoms with Crippen LogP contribution in [0.4, 0.5) is 5.95 Å². The van der Waals surface area contributed by atoms with Crippen LogP contribution in [0, 0.1) is 5.92 Å². The van der Waals surface area contributed by atoms with Gasteiger partial charge in [-0.05, 0) is 26.1 Å². The number of rotatable bonds is 5. The lowest BCUT2D eigenvalue weighted by molar-refractivity contribution is -0.119. The number of para-hydroxylation sites is 2. The Hall–Kier alpha value is -1.59. The van der Waals surface area contributed by atoms with Gasteiger partial charge in [-0.1, -0.05) is 19.1 Å². The number of hydrogen-bond donors (Lipinski definition) is 2. The number of benzene rings is 1. The molecule has 0 aliphatic carbocycles. The van der Waals surface area contributed by atoms with E-state index in [0.29, 0.717) is 12.5 Å². The molecule has 1 heterocycles. The summed E-state index contributed by atoms with van der Waals surface area (Å²) in [7, 11) is 1.84. The monoisotopic (exact) mass is 296 g/mol. The van der Waals surface area contributed by atoms with Gasteiger partial charge in [0.25, 0.3) is 0 Å². The Bertz CT molecular complexity index is 582. The molecule has 1 atom stereocenters. The Labute approximate surface area is 125 Å². The van der Waals surface area contributed by atoms with Gasteiger partial charge in [0, 0.05) is 19.0 Å². The maximum absolute atomic E-state index is 12.0. The molecule has 0 saturated carbocycles. The molecular formula is C14H21ClN4O. The van der Waals surface area contributed by atoms with Gasteiger partial charge in [-0.25, -0.2) is 4.98 Å². The average molecular weight is 297 g/mol. The molecule has 2 rings (SSSR count). The number of imidazole rings is 1. The predicted molar refractivity (Wildman–Crippen MR) is 84.4 cm³/mol. The second-order valence-corrected chi connectivity index (χ2v) is 4.62. The molecule has 2 aromatic rings. The highest BCUT2D eigenvalue weighted by molar-refractivity contribution is 5.93. The smallest absolute Gasteiger partial charge is 0.230 e. The molecule has 0 aliphatic heterocycles. The molecule has 0 aliphatic rings. The fourth-order valence-electron chi connectivity index (χ4n) is 2.12. The van der Waals surface area contributed by atoms with Gasteiger partial charge in [0.1, 0.15) is 0 Å². The van der Waals surface area contributed by atoms with Crippen LogP contribution in [0.15, 0.2) is 24.3 Å². The second-order valence-electron chi connectivity index (χ2n) is 4.62.